The monoisotopic (exact) mass is 393 g/mol. The van der Waals surface area contributed by atoms with E-state index in [2.05, 4.69) is 25.9 Å². The molecule has 3 rings (SSSR count). The fraction of sp³-hybridized carbons (Fsp3) is 0.312. The Kier molecular flexibility index (Phi) is 5.51. The Labute approximate surface area is 147 Å². The highest BCUT2D eigenvalue weighted by Crippen LogP contribution is 2.25. The molecule has 1 saturated heterocycles. The largest absolute Gasteiger partial charge is 0.472 e. The first kappa shape index (κ1) is 16.3. The zero-order valence-electron chi connectivity index (χ0n) is 12.4. The second-order valence-corrected chi connectivity index (χ2v) is 7.03. The lowest BCUT2D eigenvalue weighted by Gasteiger charge is -2.17. The van der Waals surface area contributed by atoms with Gasteiger partial charge in [0.2, 0.25) is 11.8 Å². The van der Waals surface area contributed by atoms with Crippen LogP contribution in [0.4, 0.5) is 0 Å². The van der Waals surface area contributed by atoms with Crippen LogP contribution in [0.15, 0.2) is 52.2 Å². The van der Waals surface area contributed by atoms with E-state index >= 15 is 0 Å². The highest BCUT2D eigenvalue weighted by atomic mass is 79.9. The van der Waals surface area contributed by atoms with E-state index in [1.807, 2.05) is 29.2 Å². The Hall–Kier alpha value is -1.60. The molecule has 7 heteroatoms. The summed E-state index contributed by atoms with van der Waals surface area (Å²) in [5.41, 5.74) is 0. The van der Waals surface area contributed by atoms with Gasteiger partial charge in [0.05, 0.1) is 16.8 Å². The number of rotatable bonds is 5. The zero-order valence-corrected chi connectivity index (χ0v) is 14.8. The molecule has 23 heavy (non-hydrogen) atoms. The fourth-order valence-electron chi connectivity index (χ4n) is 2.34. The molecule has 120 valence electrons. The topological polar surface area (TPSA) is 55.3 Å². The van der Waals surface area contributed by atoms with E-state index in [0.717, 1.165) is 22.3 Å². The van der Waals surface area contributed by atoms with Gasteiger partial charge in [-0.05, 0) is 40.2 Å². The van der Waals surface area contributed by atoms with Crippen LogP contribution in [0.2, 0.25) is 0 Å². The molecule has 1 fully saturated rings. The van der Waals surface area contributed by atoms with Crippen LogP contribution in [0.1, 0.15) is 6.42 Å². The third kappa shape index (κ3) is 4.45. The maximum Gasteiger partial charge on any atom is 0.233 e. The van der Waals surface area contributed by atoms with Crippen LogP contribution < -0.4 is 4.74 Å². The van der Waals surface area contributed by atoms with E-state index in [1.54, 1.807) is 18.6 Å². The molecule has 1 aliphatic heterocycles. The summed E-state index contributed by atoms with van der Waals surface area (Å²) in [5, 5.41) is 0. The average Bonchev–Trinajstić information content (AvgIpc) is 3.04. The van der Waals surface area contributed by atoms with Gasteiger partial charge in [-0.1, -0.05) is 0 Å². The lowest BCUT2D eigenvalue weighted by Crippen LogP contribution is -2.32. The number of halogens is 1. The minimum absolute atomic E-state index is 0.00363. The van der Waals surface area contributed by atoms with Crippen LogP contribution in [0.3, 0.4) is 0 Å². The van der Waals surface area contributed by atoms with Gasteiger partial charge in [-0.25, -0.2) is 4.98 Å². The van der Waals surface area contributed by atoms with Crippen LogP contribution in [0.5, 0.6) is 5.88 Å². The summed E-state index contributed by atoms with van der Waals surface area (Å²) < 4.78 is 6.71. The Morgan fingerprint density at radius 2 is 2.17 bits per heavy atom. The zero-order chi connectivity index (χ0) is 16.1. The summed E-state index contributed by atoms with van der Waals surface area (Å²) in [6.07, 6.45) is 5.99. The van der Waals surface area contributed by atoms with Crippen molar-refractivity contribution in [3.63, 3.8) is 0 Å². The summed E-state index contributed by atoms with van der Waals surface area (Å²) in [6.45, 7) is 1.34. The molecule has 0 aliphatic carbocycles. The van der Waals surface area contributed by atoms with Crippen molar-refractivity contribution in [2.75, 3.05) is 18.8 Å². The van der Waals surface area contributed by atoms with E-state index < -0.39 is 0 Å². The Morgan fingerprint density at radius 1 is 1.35 bits per heavy atom. The average molecular weight is 394 g/mol. The molecule has 0 aromatic carbocycles. The molecule has 2 aromatic rings. The first-order valence-electron chi connectivity index (χ1n) is 7.30. The van der Waals surface area contributed by atoms with Gasteiger partial charge in [-0.15, -0.1) is 11.8 Å². The van der Waals surface area contributed by atoms with Crippen LogP contribution in [0.25, 0.3) is 0 Å². The fourth-order valence-corrected chi connectivity index (χ4v) is 3.47. The standard InChI is InChI=1S/C16H16BrN3O2S/c17-14-2-1-6-19-16(14)22-12-5-9-20(10-12)15(21)11-23-13-3-7-18-8-4-13/h1-4,6-8,12H,5,9-11H2/t12-/m1/s1. The van der Waals surface area contributed by atoms with Crippen molar-refractivity contribution in [2.24, 2.45) is 0 Å². The summed E-state index contributed by atoms with van der Waals surface area (Å²) in [5.74, 6) is 1.15. The van der Waals surface area contributed by atoms with Gasteiger partial charge in [0.25, 0.3) is 0 Å². The van der Waals surface area contributed by atoms with Crippen LogP contribution in [-0.2, 0) is 4.79 Å². The second-order valence-electron chi connectivity index (χ2n) is 5.13. The van der Waals surface area contributed by atoms with E-state index in [9.17, 15) is 4.79 Å². The smallest absolute Gasteiger partial charge is 0.233 e. The normalized spacial score (nSPS) is 17.3. The molecule has 0 bridgehead atoms. The molecule has 0 radical (unpaired) electrons. The Balaban J connectivity index is 1.49. The molecule has 0 spiro atoms. The molecule has 0 saturated carbocycles. The van der Waals surface area contributed by atoms with E-state index in [-0.39, 0.29) is 12.0 Å². The van der Waals surface area contributed by atoms with Crippen molar-refractivity contribution in [1.82, 2.24) is 14.9 Å². The minimum atomic E-state index is -0.00363. The van der Waals surface area contributed by atoms with Gasteiger partial charge in [0.1, 0.15) is 6.10 Å². The molecule has 0 unspecified atom stereocenters. The summed E-state index contributed by atoms with van der Waals surface area (Å²) in [6, 6.07) is 7.56. The minimum Gasteiger partial charge on any atom is -0.472 e. The number of hydrogen-bond acceptors (Lipinski definition) is 5. The number of hydrogen-bond donors (Lipinski definition) is 0. The molecule has 1 aliphatic rings. The third-order valence-corrected chi connectivity index (χ3v) is 5.11. The van der Waals surface area contributed by atoms with Crippen molar-refractivity contribution >= 4 is 33.6 Å². The molecular weight excluding hydrogens is 378 g/mol. The number of carbonyl (C=O) groups excluding carboxylic acids is 1. The van der Waals surface area contributed by atoms with Crippen molar-refractivity contribution in [3.05, 3.63) is 47.3 Å². The number of thioether (sulfide) groups is 1. The molecule has 0 N–H and O–H groups in total. The summed E-state index contributed by atoms with van der Waals surface area (Å²) in [7, 11) is 0. The lowest BCUT2D eigenvalue weighted by atomic mass is 10.3. The lowest BCUT2D eigenvalue weighted by molar-refractivity contribution is -0.127. The van der Waals surface area contributed by atoms with Crippen LogP contribution in [-0.4, -0.2) is 45.7 Å². The van der Waals surface area contributed by atoms with Crippen molar-refractivity contribution < 1.29 is 9.53 Å². The van der Waals surface area contributed by atoms with Gasteiger partial charge in [0, 0.05) is 36.5 Å². The third-order valence-electron chi connectivity index (χ3n) is 3.51. The molecule has 5 nitrogen and oxygen atoms in total. The summed E-state index contributed by atoms with van der Waals surface area (Å²) >= 11 is 4.95. The van der Waals surface area contributed by atoms with Crippen molar-refractivity contribution in [3.8, 4) is 5.88 Å². The van der Waals surface area contributed by atoms with Gasteiger partial charge >= 0.3 is 0 Å². The van der Waals surface area contributed by atoms with E-state index in [4.69, 9.17) is 4.74 Å². The Morgan fingerprint density at radius 3 is 2.96 bits per heavy atom. The molecule has 1 amide bonds. The number of ether oxygens (including phenoxy) is 1. The molecule has 1 atom stereocenters. The molecular formula is C16H16BrN3O2S. The first-order chi connectivity index (χ1) is 11.2. The summed E-state index contributed by atoms with van der Waals surface area (Å²) in [4.78, 5) is 23.4. The number of aromatic nitrogens is 2. The predicted octanol–water partition coefficient (Wildman–Crippen LogP) is 3.01. The van der Waals surface area contributed by atoms with Gasteiger partial charge in [-0.3, -0.25) is 9.78 Å². The Bertz CT molecular complexity index is 671. The quantitative estimate of drug-likeness (QED) is 0.730. The highest BCUT2D eigenvalue weighted by molar-refractivity contribution is 9.10. The highest BCUT2D eigenvalue weighted by Gasteiger charge is 2.28. The van der Waals surface area contributed by atoms with Gasteiger partial charge in [0.15, 0.2) is 0 Å². The number of carbonyl (C=O) groups is 1. The number of pyridine rings is 2. The number of amides is 1. The molecule has 3 heterocycles. The van der Waals surface area contributed by atoms with Crippen LogP contribution in [0, 0.1) is 0 Å². The van der Waals surface area contributed by atoms with Gasteiger partial charge in [-0.2, -0.15) is 0 Å². The van der Waals surface area contributed by atoms with E-state index in [0.29, 0.717) is 18.2 Å². The second kappa shape index (κ2) is 7.79. The van der Waals surface area contributed by atoms with Gasteiger partial charge < -0.3 is 9.64 Å². The number of likely N-dealkylation sites (tertiary alicyclic amines) is 1. The van der Waals surface area contributed by atoms with E-state index in [1.165, 1.54) is 11.8 Å². The van der Waals surface area contributed by atoms with Crippen molar-refractivity contribution in [2.45, 2.75) is 17.4 Å². The maximum atomic E-state index is 12.3. The maximum absolute atomic E-state index is 12.3. The van der Waals surface area contributed by atoms with Crippen LogP contribution >= 0.6 is 27.7 Å². The van der Waals surface area contributed by atoms with Crippen molar-refractivity contribution in [1.29, 1.82) is 0 Å². The number of nitrogens with zero attached hydrogens (tertiary/aromatic N) is 3. The predicted molar refractivity (Wildman–Crippen MR) is 92.5 cm³/mol. The SMILES string of the molecule is O=C(CSc1ccncc1)N1CC[C@@H](Oc2ncccc2Br)C1. The molecule has 2 aromatic heterocycles. The first-order valence-corrected chi connectivity index (χ1v) is 9.08.